The van der Waals surface area contributed by atoms with Gasteiger partial charge in [-0.25, -0.2) is 9.79 Å². The molecule has 0 fully saturated rings. The normalized spacial score (nSPS) is 15.3. The van der Waals surface area contributed by atoms with Crippen molar-refractivity contribution in [1.29, 1.82) is 0 Å². The quantitative estimate of drug-likeness (QED) is 0.256. The third-order valence-corrected chi connectivity index (χ3v) is 8.24. The lowest BCUT2D eigenvalue weighted by atomic mass is 9.96. The van der Waals surface area contributed by atoms with Crippen molar-refractivity contribution >= 4 is 45.9 Å². The van der Waals surface area contributed by atoms with Crippen LogP contribution in [0.1, 0.15) is 36.6 Å². The molecule has 0 saturated heterocycles. The van der Waals surface area contributed by atoms with Gasteiger partial charge in [-0.3, -0.25) is 9.36 Å². The van der Waals surface area contributed by atoms with Gasteiger partial charge in [0.25, 0.3) is 5.56 Å². The number of para-hydroxylation sites is 1. The minimum Gasteiger partial charge on any atom is -0.463 e. The molecule has 40 heavy (non-hydrogen) atoms. The van der Waals surface area contributed by atoms with Gasteiger partial charge >= 0.3 is 5.97 Å². The van der Waals surface area contributed by atoms with E-state index in [1.807, 2.05) is 72.8 Å². The molecular formula is C32H26ClN3O3S. The first-order chi connectivity index (χ1) is 19.4. The topological polar surface area (TPSA) is 65.6 Å². The molecule has 0 unspecified atom stereocenters. The number of fused-ring (bicyclic) bond motifs is 2. The molecular weight excluding hydrogens is 542 g/mol. The van der Waals surface area contributed by atoms with Gasteiger partial charge in [0, 0.05) is 34.2 Å². The lowest BCUT2D eigenvalue weighted by molar-refractivity contribution is -0.139. The van der Waals surface area contributed by atoms with Crippen LogP contribution in [0.25, 0.3) is 17.0 Å². The number of aromatic nitrogens is 2. The number of hydrogen-bond donors (Lipinski definition) is 0. The Morgan fingerprint density at radius 1 is 1.05 bits per heavy atom. The molecule has 0 bridgehead atoms. The van der Waals surface area contributed by atoms with Crippen LogP contribution in [0.4, 0.5) is 0 Å². The van der Waals surface area contributed by atoms with E-state index in [1.165, 1.54) is 11.3 Å². The maximum Gasteiger partial charge on any atom is 0.338 e. The first-order valence-corrected chi connectivity index (χ1v) is 14.2. The molecule has 0 aliphatic carbocycles. The molecule has 1 aliphatic heterocycles. The highest BCUT2D eigenvalue weighted by Crippen LogP contribution is 2.30. The number of carbonyl (C=O) groups is 1. The van der Waals surface area contributed by atoms with Crippen molar-refractivity contribution < 1.29 is 9.53 Å². The molecule has 0 spiro atoms. The van der Waals surface area contributed by atoms with Gasteiger partial charge in [-0.1, -0.05) is 83.6 Å². The van der Waals surface area contributed by atoms with Gasteiger partial charge in [0.2, 0.25) is 0 Å². The zero-order valence-electron chi connectivity index (χ0n) is 22.0. The predicted molar refractivity (Wildman–Crippen MR) is 159 cm³/mol. The molecule has 0 N–H and O–H groups in total. The molecule has 2 aromatic heterocycles. The predicted octanol–water partition coefficient (Wildman–Crippen LogP) is 5.45. The lowest BCUT2D eigenvalue weighted by Gasteiger charge is -2.24. The number of rotatable bonds is 6. The highest BCUT2D eigenvalue weighted by atomic mass is 35.5. The first-order valence-electron chi connectivity index (χ1n) is 13.0. The van der Waals surface area contributed by atoms with Crippen LogP contribution in [-0.4, -0.2) is 21.7 Å². The number of hydrogen-bond acceptors (Lipinski definition) is 5. The average molecular weight is 568 g/mol. The number of ether oxygens (including phenoxy) is 1. The van der Waals surface area contributed by atoms with Crippen LogP contribution in [0.3, 0.4) is 0 Å². The standard InChI is InChI=1S/C32H26ClN3O3S/c1-3-39-31(38)28-20(2)34-32-36(29(28)22-9-5-4-6-10-22)30(37)27(40-32)17-23-19-35(26-12-8-7-11-25(23)26)18-21-13-15-24(33)16-14-21/h4-17,19,29H,3,18H2,1-2H3/b27-17-/t29-/m0/s1. The number of nitrogens with zero attached hydrogens (tertiary/aromatic N) is 3. The molecule has 1 aliphatic rings. The Labute approximate surface area is 239 Å². The van der Waals surface area contributed by atoms with Crippen LogP contribution >= 0.6 is 22.9 Å². The third-order valence-electron chi connectivity index (χ3n) is 7.00. The van der Waals surface area contributed by atoms with Gasteiger partial charge in [0.05, 0.1) is 28.5 Å². The van der Waals surface area contributed by atoms with Crippen molar-refractivity contribution in [2.75, 3.05) is 6.61 Å². The molecule has 3 heterocycles. The average Bonchev–Trinajstić information content (AvgIpc) is 3.46. The van der Waals surface area contributed by atoms with E-state index in [9.17, 15) is 9.59 Å². The summed E-state index contributed by atoms with van der Waals surface area (Å²) in [6.45, 7) is 4.47. The maximum absolute atomic E-state index is 14.0. The molecule has 5 aromatic rings. The summed E-state index contributed by atoms with van der Waals surface area (Å²) in [6.07, 6.45) is 4.00. The Balaban J connectivity index is 1.50. The highest BCUT2D eigenvalue weighted by Gasteiger charge is 2.33. The van der Waals surface area contributed by atoms with E-state index in [-0.39, 0.29) is 12.2 Å². The van der Waals surface area contributed by atoms with E-state index in [4.69, 9.17) is 16.3 Å². The van der Waals surface area contributed by atoms with Crippen molar-refractivity contribution in [1.82, 2.24) is 9.13 Å². The number of halogens is 1. The largest absolute Gasteiger partial charge is 0.463 e. The minimum atomic E-state index is -0.620. The summed E-state index contributed by atoms with van der Waals surface area (Å²) in [6, 6.07) is 24.9. The second-order valence-electron chi connectivity index (χ2n) is 9.57. The minimum absolute atomic E-state index is 0.193. The van der Waals surface area contributed by atoms with E-state index in [0.717, 1.165) is 27.6 Å². The van der Waals surface area contributed by atoms with E-state index in [2.05, 4.69) is 27.9 Å². The van der Waals surface area contributed by atoms with Crippen molar-refractivity contribution in [3.8, 4) is 0 Å². The summed E-state index contributed by atoms with van der Waals surface area (Å²) in [7, 11) is 0. The third kappa shape index (κ3) is 4.72. The molecule has 1 atom stereocenters. The Morgan fingerprint density at radius 3 is 2.52 bits per heavy atom. The van der Waals surface area contributed by atoms with Crippen molar-refractivity contribution in [2.45, 2.75) is 26.4 Å². The molecule has 3 aromatic carbocycles. The monoisotopic (exact) mass is 567 g/mol. The fourth-order valence-corrected chi connectivity index (χ4v) is 6.35. The number of carbonyl (C=O) groups excluding carboxylic acids is 1. The summed E-state index contributed by atoms with van der Waals surface area (Å²) >= 11 is 7.41. The van der Waals surface area contributed by atoms with Crippen molar-refractivity contribution in [2.24, 2.45) is 4.99 Å². The van der Waals surface area contributed by atoms with Crippen LogP contribution in [0, 0.1) is 0 Å². The van der Waals surface area contributed by atoms with Gasteiger partial charge in [-0.15, -0.1) is 0 Å². The van der Waals surface area contributed by atoms with Crippen molar-refractivity contribution in [3.05, 3.63) is 138 Å². The molecule has 0 radical (unpaired) electrons. The summed E-state index contributed by atoms with van der Waals surface area (Å²) in [4.78, 5) is 32.3. The second-order valence-corrected chi connectivity index (χ2v) is 11.0. The lowest BCUT2D eigenvalue weighted by Crippen LogP contribution is -2.39. The smallest absolute Gasteiger partial charge is 0.338 e. The van der Waals surface area contributed by atoms with Crippen LogP contribution in [0.5, 0.6) is 0 Å². The Morgan fingerprint density at radius 2 is 1.77 bits per heavy atom. The molecule has 0 amide bonds. The number of benzene rings is 3. The SMILES string of the molecule is CCOC(=O)C1=C(C)N=c2s/c(=C\c3cn(Cc4ccc(Cl)cc4)c4ccccc34)c(=O)n2[C@H]1c1ccccc1. The summed E-state index contributed by atoms with van der Waals surface area (Å²) in [5.74, 6) is -0.461. The molecule has 6 nitrogen and oxygen atoms in total. The van der Waals surface area contributed by atoms with E-state index in [0.29, 0.717) is 32.2 Å². The summed E-state index contributed by atoms with van der Waals surface area (Å²) < 4.78 is 9.73. The molecule has 6 rings (SSSR count). The van der Waals surface area contributed by atoms with E-state index in [1.54, 1.807) is 18.4 Å². The van der Waals surface area contributed by atoms with Crippen molar-refractivity contribution in [3.63, 3.8) is 0 Å². The van der Waals surface area contributed by atoms with Gasteiger partial charge in [-0.05, 0) is 49.2 Å². The molecule has 0 saturated carbocycles. The second kappa shape index (κ2) is 10.8. The fraction of sp³-hybridized carbons (Fsp3) is 0.156. The number of thiazole rings is 1. The maximum atomic E-state index is 14.0. The van der Waals surface area contributed by atoms with E-state index < -0.39 is 12.0 Å². The van der Waals surface area contributed by atoms with Gasteiger partial charge < -0.3 is 9.30 Å². The van der Waals surface area contributed by atoms with Crippen LogP contribution in [0.15, 0.2) is 106 Å². The van der Waals surface area contributed by atoms with Crippen LogP contribution in [0.2, 0.25) is 5.02 Å². The molecule has 200 valence electrons. The summed E-state index contributed by atoms with van der Waals surface area (Å²) in [5, 5.41) is 1.75. The fourth-order valence-electron chi connectivity index (χ4n) is 5.19. The summed E-state index contributed by atoms with van der Waals surface area (Å²) in [5.41, 5.74) is 4.70. The van der Waals surface area contributed by atoms with Gasteiger partial charge in [0.1, 0.15) is 0 Å². The van der Waals surface area contributed by atoms with Crippen LogP contribution < -0.4 is 14.9 Å². The molecule has 8 heteroatoms. The number of esters is 1. The first kappa shape index (κ1) is 26.0. The van der Waals surface area contributed by atoms with Crippen LogP contribution in [-0.2, 0) is 16.1 Å². The highest BCUT2D eigenvalue weighted by molar-refractivity contribution is 7.07. The zero-order valence-corrected chi connectivity index (χ0v) is 23.6. The Hall–Kier alpha value is -4.20. The van der Waals surface area contributed by atoms with E-state index >= 15 is 0 Å². The zero-order chi connectivity index (χ0) is 27.8. The van der Waals surface area contributed by atoms with Gasteiger partial charge in [0.15, 0.2) is 4.80 Å². The Kier molecular flexibility index (Phi) is 7.00. The van der Waals surface area contributed by atoms with Gasteiger partial charge in [-0.2, -0.15) is 0 Å². The Bertz CT molecular complexity index is 1950. The number of allylic oxidation sites excluding steroid dienone is 1.